The molecule has 0 radical (unpaired) electrons. The van der Waals surface area contributed by atoms with Crippen molar-refractivity contribution < 1.29 is 14.3 Å². The van der Waals surface area contributed by atoms with E-state index in [1.807, 2.05) is 30.9 Å². The molecule has 1 aromatic heterocycles. The van der Waals surface area contributed by atoms with Gasteiger partial charge in [0.05, 0.1) is 25.5 Å². The molecule has 3 rings (SSSR count). The topological polar surface area (TPSA) is 64.6 Å². The smallest absolute Gasteiger partial charge is 0.257 e. The molecule has 0 N–H and O–H groups in total. The van der Waals surface area contributed by atoms with Crippen LogP contribution in [0, 0.1) is 13.8 Å². The number of nitrogens with zero attached hydrogens (tertiary/aromatic N) is 3. The Morgan fingerprint density at radius 1 is 1.12 bits per heavy atom. The van der Waals surface area contributed by atoms with Gasteiger partial charge in [0.25, 0.3) is 5.91 Å². The Balaban J connectivity index is 1.88. The largest absolute Gasteiger partial charge is 0.493 e. The minimum absolute atomic E-state index is 0.0343. The van der Waals surface area contributed by atoms with Gasteiger partial charge in [0.2, 0.25) is 0 Å². The zero-order valence-corrected chi connectivity index (χ0v) is 14.4. The number of benzene rings is 1. The van der Waals surface area contributed by atoms with E-state index in [1.54, 1.807) is 20.4 Å². The predicted molar refractivity (Wildman–Crippen MR) is 89.5 cm³/mol. The van der Waals surface area contributed by atoms with E-state index >= 15 is 0 Å². The summed E-state index contributed by atoms with van der Waals surface area (Å²) in [5.41, 5.74) is 3.54. The molecule has 1 aromatic carbocycles. The fourth-order valence-corrected chi connectivity index (χ4v) is 3.02. The number of carbonyl (C=O) groups excluding carboxylic acids is 1. The third-order valence-corrected chi connectivity index (χ3v) is 4.34. The summed E-state index contributed by atoms with van der Waals surface area (Å²) in [5, 5.41) is 0. The normalized spacial score (nSPS) is 13.4. The molecule has 1 aliphatic rings. The maximum absolute atomic E-state index is 12.8. The zero-order valence-electron chi connectivity index (χ0n) is 14.4. The monoisotopic (exact) mass is 327 g/mol. The zero-order chi connectivity index (χ0) is 17.3. The summed E-state index contributed by atoms with van der Waals surface area (Å²) in [6.45, 7) is 4.86. The van der Waals surface area contributed by atoms with E-state index in [1.165, 1.54) is 5.56 Å². The van der Waals surface area contributed by atoms with Crippen molar-refractivity contribution in [2.24, 2.45) is 0 Å². The molecule has 24 heavy (non-hydrogen) atoms. The van der Waals surface area contributed by atoms with E-state index in [0.717, 1.165) is 17.7 Å². The van der Waals surface area contributed by atoms with Gasteiger partial charge in [-0.15, -0.1) is 0 Å². The minimum Gasteiger partial charge on any atom is -0.493 e. The second-order valence-corrected chi connectivity index (χ2v) is 5.87. The number of hydrogen-bond donors (Lipinski definition) is 0. The van der Waals surface area contributed by atoms with Crippen LogP contribution >= 0.6 is 0 Å². The number of fused-ring (bicyclic) bond motifs is 1. The van der Waals surface area contributed by atoms with Crippen LogP contribution in [0.15, 0.2) is 18.3 Å². The molecule has 2 aromatic rings. The average molecular weight is 327 g/mol. The molecule has 0 saturated carbocycles. The Morgan fingerprint density at radius 2 is 1.79 bits per heavy atom. The lowest BCUT2D eigenvalue weighted by Crippen LogP contribution is -2.36. The second-order valence-electron chi connectivity index (χ2n) is 5.87. The van der Waals surface area contributed by atoms with Gasteiger partial charge >= 0.3 is 0 Å². The van der Waals surface area contributed by atoms with Crippen molar-refractivity contribution >= 4 is 5.91 Å². The molecule has 0 bridgehead atoms. The average Bonchev–Trinajstić information content (AvgIpc) is 2.59. The van der Waals surface area contributed by atoms with Gasteiger partial charge in [0.1, 0.15) is 5.82 Å². The van der Waals surface area contributed by atoms with Gasteiger partial charge in [-0.2, -0.15) is 0 Å². The SMILES string of the molecule is COc1cc2c(cc1OC)CN(C(=O)c1cnc(C)nc1C)CC2. The highest BCUT2D eigenvalue weighted by molar-refractivity contribution is 5.95. The molecule has 0 aliphatic carbocycles. The van der Waals surface area contributed by atoms with E-state index in [-0.39, 0.29) is 5.91 Å². The van der Waals surface area contributed by atoms with Gasteiger partial charge in [-0.25, -0.2) is 9.97 Å². The number of rotatable bonds is 3. The summed E-state index contributed by atoms with van der Waals surface area (Å²) in [5.74, 6) is 2.04. The van der Waals surface area contributed by atoms with Crippen molar-refractivity contribution in [2.45, 2.75) is 26.8 Å². The molecule has 0 spiro atoms. The number of carbonyl (C=O) groups is 1. The number of aryl methyl sites for hydroxylation is 2. The predicted octanol–water partition coefficient (Wildman–Crippen LogP) is 2.31. The Morgan fingerprint density at radius 3 is 2.42 bits per heavy atom. The fourth-order valence-electron chi connectivity index (χ4n) is 3.02. The van der Waals surface area contributed by atoms with Crippen molar-refractivity contribution in [1.82, 2.24) is 14.9 Å². The molecular formula is C18H21N3O3. The first-order valence-corrected chi connectivity index (χ1v) is 7.86. The highest BCUT2D eigenvalue weighted by Crippen LogP contribution is 2.33. The molecule has 0 fully saturated rings. The number of hydrogen-bond acceptors (Lipinski definition) is 5. The van der Waals surface area contributed by atoms with E-state index in [4.69, 9.17) is 9.47 Å². The third kappa shape index (κ3) is 2.91. The summed E-state index contributed by atoms with van der Waals surface area (Å²) in [4.78, 5) is 23.1. The lowest BCUT2D eigenvalue weighted by atomic mass is 9.98. The first-order valence-electron chi connectivity index (χ1n) is 7.86. The van der Waals surface area contributed by atoms with Crippen LogP contribution < -0.4 is 9.47 Å². The highest BCUT2D eigenvalue weighted by atomic mass is 16.5. The first-order chi connectivity index (χ1) is 11.5. The van der Waals surface area contributed by atoms with Gasteiger partial charge in [0, 0.05) is 19.3 Å². The van der Waals surface area contributed by atoms with Crippen molar-refractivity contribution in [2.75, 3.05) is 20.8 Å². The highest BCUT2D eigenvalue weighted by Gasteiger charge is 2.25. The Bertz CT molecular complexity index is 789. The van der Waals surface area contributed by atoms with Crippen LogP contribution in [-0.4, -0.2) is 41.5 Å². The summed E-state index contributed by atoms with van der Waals surface area (Å²) >= 11 is 0. The van der Waals surface area contributed by atoms with Gasteiger partial charge in [-0.05, 0) is 43.5 Å². The van der Waals surface area contributed by atoms with Crippen molar-refractivity contribution in [3.63, 3.8) is 0 Å². The lowest BCUT2D eigenvalue weighted by molar-refractivity contribution is 0.0732. The summed E-state index contributed by atoms with van der Waals surface area (Å²) < 4.78 is 10.7. The second kappa shape index (κ2) is 6.47. The molecular weight excluding hydrogens is 306 g/mol. The van der Waals surface area contributed by atoms with Gasteiger partial charge in [0.15, 0.2) is 11.5 Å². The standard InChI is InChI=1S/C18H21N3O3/c1-11-15(9-19-12(2)20-11)18(22)21-6-5-13-7-16(23-3)17(24-4)8-14(13)10-21/h7-9H,5-6,10H2,1-4H3. The van der Waals surface area contributed by atoms with Crippen molar-refractivity contribution in [1.29, 1.82) is 0 Å². The summed E-state index contributed by atoms with van der Waals surface area (Å²) in [6, 6.07) is 3.95. The number of amides is 1. The molecule has 0 saturated heterocycles. The third-order valence-electron chi connectivity index (χ3n) is 4.34. The quantitative estimate of drug-likeness (QED) is 0.865. The first kappa shape index (κ1) is 16.2. The molecule has 0 atom stereocenters. The Hall–Kier alpha value is -2.63. The van der Waals surface area contributed by atoms with Crippen LogP contribution in [0.1, 0.15) is 33.0 Å². The van der Waals surface area contributed by atoms with E-state index in [2.05, 4.69) is 9.97 Å². The molecule has 126 valence electrons. The van der Waals surface area contributed by atoms with Gasteiger partial charge in [-0.1, -0.05) is 0 Å². The fraction of sp³-hybridized carbons (Fsp3) is 0.389. The van der Waals surface area contributed by atoms with Crippen LogP contribution in [0.2, 0.25) is 0 Å². The number of ether oxygens (including phenoxy) is 2. The van der Waals surface area contributed by atoms with Crippen LogP contribution in [-0.2, 0) is 13.0 Å². The lowest BCUT2D eigenvalue weighted by Gasteiger charge is -2.30. The number of methoxy groups -OCH3 is 2. The molecule has 2 heterocycles. The van der Waals surface area contributed by atoms with Crippen LogP contribution in [0.25, 0.3) is 0 Å². The number of aromatic nitrogens is 2. The van der Waals surface area contributed by atoms with Crippen LogP contribution in [0.3, 0.4) is 0 Å². The minimum atomic E-state index is -0.0343. The van der Waals surface area contributed by atoms with Gasteiger partial charge < -0.3 is 14.4 Å². The van der Waals surface area contributed by atoms with E-state index in [0.29, 0.717) is 35.9 Å². The Kier molecular flexibility index (Phi) is 4.38. The van der Waals surface area contributed by atoms with E-state index < -0.39 is 0 Å². The molecule has 0 unspecified atom stereocenters. The summed E-state index contributed by atoms with van der Waals surface area (Å²) in [6.07, 6.45) is 2.40. The molecule has 1 aliphatic heterocycles. The molecule has 6 heteroatoms. The maximum Gasteiger partial charge on any atom is 0.257 e. The van der Waals surface area contributed by atoms with Crippen molar-refractivity contribution in [3.8, 4) is 11.5 Å². The van der Waals surface area contributed by atoms with Gasteiger partial charge in [-0.3, -0.25) is 4.79 Å². The van der Waals surface area contributed by atoms with E-state index in [9.17, 15) is 4.79 Å². The summed E-state index contributed by atoms with van der Waals surface area (Å²) in [7, 11) is 3.24. The van der Waals surface area contributed by atoms with Crippen LogP contribution in [0.4, 0.5) is 0 Å². The maximum atomic E-state index is 12.8. The molecule has 1 amide bonds. The van der Waals surface area contributed by atoms with Crippen LogP contribution in [0.5, 0.6) is 11.5 Å². The molecule has 6 nitrogen and oxygen atoms in total. The van der Waals surface area contributed by atoms with Crippen molar-refractivity contribution in [3.05, 3.63) is 46.5 Å². The Labute approximate surface area is 141 Å².